The minimum absolute atomic E-state index is 0.101. The third-order valence-electron chi connectivity index (χ3n) is 1.28. The molecule has 11 heavy (non-hydrogen) atoms. The van der Waals surface area contributed by atoms with Crippen LogP contribution in [0, 0.1) is 5.92 Å². The minimum atomic E-state index is -0.970. The summed E-state index contributed by atoms with van der Waals surface area (Å²) < 4.78 is 0. The number of hydrogen-bond acceptors (Lipinski definition) is 4. The molecule has 0 fully saturated rings. The van der Waals surface area contributed by atoms with Crippen molar-refractivity contribution in [3.63, 3.8) is 0 Å². The van der Waals surface area contributed by atoms with Gasteiger partial charge in [-0.05, 0) is 6.42 Å². The van der Waals surface area contributed by atoms with Crippen molar-refractivity contribution in [2.75, 3.05) is 0 Å². The normalized spacial score (nSPS) is 12.2. The topological polar surface area (TPSA) is 83.8 Å². The molecular formula is C6H10O5. The van der Waals surface area contributed by atoms with Crippen LogP contribution in [0.1, 0.15) is 19.8 Å². The van der Waals surface area contributed by atoms with Crippen LogP contribution in [-0.2, 0) is 14.5 Å². The summed E-state index contributed by atoms with van der Waals surface area (Å²) in [6, 6.07) is 0. The van der Waals surface area contributed by atoms with Gasteiger partial charge in [0.15, 0.2) is 0 Å². The van der Waals surface area contributed by atoms with Gasteiger partial charge in [-0.1, -0.05) is 6.92 Å². The van der Waals surface area contributed by atoms with Crippen LogP contribution in [0.15, 0.2) is 0 Å². The molecule has 0 aliphatic carbocycles. The highest BCUT2D eigenvalue weighted by molar-refractivity contribution is 5.72. The second-order valence-corrected chi connectivity index (χ2v) is 2.24. The maximum Gasteiger partial charge on any atom is 0.344 e. The molecule has 0 bridgehead atoms. The third-order valence-corrected chi connectivity index (χ3v) is 1.28. The summed E-state index contributed by atoms with van der Waals surface area (Å²) in [7, 11) is 0. The Morgan fingerprint density at radius 2 is 2.09 bits per heavy atom. The lowest BCUT2D eigenvalue weighted by Crippen LogP contribution is -2.14. The third kappa shape index (κ3) is 4.32. The smallest absolute Gasteiger partial charge is 0.344 e. The monoisotopic (exact) mass is 162 g/mol. The van der Waals surface area contributed by atoms with Gasteiger partial charge in [0.1, 0.15) is 0 Å². The van der Waals surface area contributed by atoms with Crippen molar-refractivity contribution in [2.45, 2.75) is 19.8 Å². The van der Waals surface area contributed by atoms with E-state index >= 15 is 0 Å². The first kappa shape index (κ1) is 9.90. The fourth-order valence-corrected chi connectivity index (χ4v) is 0.548. The van der Waals surface area contributed by atoms with E-state index in [1.54, 1.807) is 0 Å². The Bertz CT molecular complexity index is 153. The molecule has 0 aromatic heterocycles. The molecule has 64 valence electrons. The fourth-order valence-electron chi connectivity index (χ4n) is 0.548. The van der Waals surface area contributed by atoms with E-state index in [4.69, 9.17) is 10.4 Å². The van der Waals surface area contributed by atoms with E-state index in [1.807, 2.05) is 0 Å². The van der Waals surface area contributed by atoms with Gasteiger partial charge in [0, 0.05) is 6.42 Å². The summed E-state index contributed by atoms with van der Waals surface area (Å²) in [6.45, 7) is 1.49. The highest BCUT2D eigenvalue weighted by Crippen LogP contribution is 2.06. The molecule has 2 N–H and O–H groups in total. The summed E-state index contributed by atoms with van der Waals surface area (Å²) in [5, 5.41) is 16.1. The molecule has 0 saturated heterocycles. The average molecular weight is 162 g/mol. The van der Waals surface area contributed by atoms with Crippen LogP contribution >= 0.6 is 0 Å². The molecule has 0 aromatic carbocycles. The molecule has 5 nitrogen and oxygen atoms in total. The van der Waals surface area contributed by atoms with E-state index in [-0.39, 0.29) is 12.8 Å². The predicted molar refractivity (Wildman–Crippen MR) is 34.8 cm³/mol. The lowest BCUT2D eigenvalue weighted by molar-refractivity contribution is -0.238. The Hall–Kier alpha value is -1.10. The van der Waals surface area contributed by atoms with E-state index in [1.165, 1.54) is 6.92 Å². The number of carboxylic acid groups (broad SMARTS) is 1. The summed E-state index contributed by atoms with van der Waals surface area (Å²) >= 11 is 0. The van der Waals surface area contributed by atoms with Crippen molar-refractivity contribution < 1.29 is 24.8 Å². The number of hydrogen-bond donors (Lipinski definition) is 2. The first-order valence-electron chi connectivity index (χ1n) is 3.15. The summed E-state index contributed by atoms with van der Waals surface area (Å²) in [5.41, 5.74) is 0. The Morgan fingerprint density at radius 3 is 2.45 bits per heavy atom. The standard InChI is InChI=1S/C6H10O5/c1-4(6(9)11-10)2-3-5(7)8/h4,10H,2-3H2,1H3,(H,7,8). The van der Waals surface area contributed by atoms with Crippen LogP contribution in [0.2, 0.25) is 0 Å². The summed E-state index contributed by atoms with van der Waals surface area (Å²) in [4.78, 5) is 23.9. The Morgan fingerprint density at radius 1 is 1.55 bits per heavy atom. The van der Waals surface area contributed by atoms with Gasteiger partial charge in [0.2, 0.25) is 0 Å². The number of rotatable bonds is 4. The highest BCUT2D eigenvalue weighted by Gasteiger charge is 2.15. The zero-order valence-electron chi connectivity index (χ0n) is 6.11. The molecule has 0 radical (unpaired) electrons. The maximum absolute atomic E-state index is 10.5. The van der Waals surface area contributed by atoms with Crippen LogP contribution in [0.4, 0.5) is 0 Å². The van der Waals surface area contributed by atoms with Gasteiger partial charge >= 0.3 is 11.9 Å². The number of carbonyl (C=O) groups excluding carboxylic acids is 1. The van der Waals surface area contributed by atoms with Gasteiger partial charge < -0.3 is 9.99 Å². The molecule has 0 amide bonds. The quantitative estimate of drug-likeness (QED) is 0.464. The second-order valence-electron chi connectivity index (χ2n) is 2.24. The predicted octanol–water partition coefficient (Wildman–Crippen LogP) is 0.503. The van der Waals surface area contributed by atoms with Gasteiger partial charge in [0.05, 0.1) is 5.92 Å². The van der Waals surface area contributed by atoms with E-state index < -0.39 is 17.9 Å². The van der Waals surface area contributed by atoms with Crippen LogP contribution in [0.3, 0.4) is 0 Å². The van der Waals surface area contributed by atoms with Crippen molar-refractivity contribution in [3.8, 4) is 0 Å². The highest BCUT2D eigenvalue weighted by atomic mass is 17.1. The number of carbonyl (C=O) groups is 2. The maximum atomic E-state index is 10.5. The van der Waals surface area contributed by atoms with Crippen LogP contribution in [-0.4, -0.2) is 22.3 Å². The van der Waals surface area contributed by atoms with Crippen molar-refractivity contribution in [1.29, 1.82) is 0 Å². The molecule has 0 aromatic rings. The Kier molecular flexibility index (Phi) is 4.21. The molecule has 0 rings (SSSR count). The Labute approximate surface area is 63.5 Å². The molecule has 1 atom stereocenters. The summed E-state index contributed by atoms with van der Waals surface area (Å²) in [5.74, 6) is -2.34. The van der Waals surface area contributed by atoms with E-state index in [2.05, 4.69) is 4.89 Å². The van der Waals surface area contributed by atoms with Gasteiger partial charge in [0.25, 0.3) is 0 Å². The van der Waals surface area contributed by atoms with Crippen molar-refractivity contribution in [3.05, 3.63) is 0 Å². The molecule has 1 unspecified atom stereocenters. The van der Waals surface area contributed by atoms with Gasteiger partial charge in [-0.2, -0.15) is 5.26 Å². The zero-order valence-corrected chi connectivity index (χ0v) is 6.11. The average Bonchev–Trinajstić information content (AvgIpc) is 1.98. The van der Waals surface area contributed by atoms with Gasteiger partial charge in [-0.15, -0.1) is 0 Å². The van der Waals surface area contributed by atoms with Gasteiger partial charge in [-0.3, -0.25) is 4.79 Å². The van der Waals surface area contributed by atoms with E-state index in [0.717, 1.165) is 0 Å². The molecule has 0 aliphatic rings. The van der Waals surface area contributed by atoms with Gasteiger partial charge in [-0.25, -0.2) is 4.79 Å². The lowest BCUT2D eigenvalue weighted by Gasteiger charge is -2.03. The SMILES string of the molecule is CC(CCC(=O)O)C(=O)OO. The first-order chi connectivity index (χ1) is 5.07. The molecule has 5 heteroatoms. The number of carboxylic acids is 1. The van der Waals surface area contributed by atoms with Crippen LogP contribution < -0.4 is 0 Å². The van der Waals surface area contributed by atoms with Crippen molar-refractivity contribution >= 4 is 11.9 Å². The zero-order chi connectivity index (χ0) is 8.85. The minimum Gasteiger partial charge on any atom is -0.481 e. The van der Waals surface area contributed by atoms with Crippen LogP contribution in [0.25, 0.3) is 0 Å². The molecule has 0 heterocycles. The van der Waals surface area contributed by atoms with Crippen molar-refractivity contribution in [2.24, 2.45) is 5.92 Å². The molecule has 0 saturated carbocycles. The Balaban J connectivity index is 3.60. The first-order valence-corrected chi connectivity index (χ1v) is 3.15. The van der Waals surface area contributed by atoms with Crippen molar-refractivity contribution in [1.82, 2.24) is 0 Å². The molecular weight excluding hydrogens is 152 g/mol. The van der Waals surface area contributed by atoms with E-state index in [0.29, 0.717) is 0 Å². The fraction of sp³-hybridized carbons (Fsp3) is 0.667. The lowest BCUT2D eigenvalue weighted by atomic mass is 10.1. The number of aliphatic carboxylic acids is 1. The second kappa shape index (κ2) is 4.68. The summed E-state index contributed by atoms with van der Waals surface area (Å²) in [6.07, 6.45) is 0.0744. The molecule has 0 aliphatic heterocycles. The van der Waals surface area contributed by atoms with E-state index in [9.17, 15) is 9.59 Å². The molecule has 0 spiro atoms. The largest absolute Gasteiger partial charge is 0.481 e. The van der Waals surface area contributed by atoms with Crippen LogP contribution in [0.5, 0.6) is 0 Å².